The van der Waals surface area contributed by atoms with E-state index in [2.05, 4.69) is 5.32 Å². The van der Waals surface area contributed by atoms with Gasteiger partial charge in [0.15, 0.2) is 0 Å². The summed E-state index contributed by atoms with van der Waals surface area (Å²) in [4.78, 5) is 40.2. The summed E-state index contributed by atoms with van der Waals surface area (Å²) in [6.45, 7) is 2.89. The number of benzene rings is 1. The molecule has 1 aromatic carbocycles. The average Bonchev–Trinajstić information content (AvgIpc) is 3.13. The van der Waals surface area contributed by atoms with Crippen LogP contribution in [0.15, 0.2) is 45.6 Å². The van der Waals surface area contributed by atoms with Crippen molar-refractivity contribution in [2.45, 2.75) is 51.0 Å². The van der Waals surface area contributed by atoms with Crippen LogP contribution in [0.25, 0.3) is 0 Å². The van der Waals surface area contributed by atoms with Crippen LogP contribution in [-0.2, 0) is 17.6 Å². The van der Waals surface area contributed by atoms with E-state index in [9.17, 15) is 14.4 Å². The average molecular weight is 394 g/mol. The minimum atomic E-state index is -0.819. The van der Waals surface area contributed by atoms with Gasteiger partial charge in [0.05, 0.1) is 0 Å². The first-order valence-electron chi connectivity index (χ1n) is 10.3. The van der Waals surface area contributed by atoms with Crippen LogP contribution in [0.1, 0.15) is 52.9 Å². The Labute approximate surface area is 169 Å². The third kappa shape index (κ3) is 3.59. The summed E-state index contributed by atoms with van der Waals surface area (Å²) in [5.41, 5.74) is 0.382. The normalized spacial score (nSPS) is 21.4. The Morgan fingerprint density at radius 2 is 1.90 bits per heavy atom. The summed E-state index contributed by atoms with van der Waals surface area (Å²) in [6.07, 6.45) is 4.23. The molecule has 6 nitrogen and oxygen atoms in total. The zero-order valence-electron chi connectivity index (χ0n) is 16.7. The van der Waals surface area contributed by atoms with Crippen LogP contribution in [0, 0.1) is 6.92 Å². The van der Waals surface area contributed by atoms with Crippen LogP contribution in [0.4, 0.5) is 0 Å². The lowest BCUT2D eigenvalue weighted by Gasteiger charge is -2.40. The molecular formula is C23H26N2O4. The number of aryl methyl sites for hydroxylation is 3. The molecule has 0 radical (unpaired) electrons. The summed E-state index contributed by atoms with van der Waals surface area (Å²) in [5, 5.41) is 2.89. The van der Waals surface area contributed by atoms with Gasteiger partial charge in [0.25, 0.3) is 5.91 Å². The van der Waals surface area contributed by atoms with Gasteiger partial charge in [-0.25, -0.2) is 4.79 Å². The fraction of sp³-hybridized carbons (Fsp3) is 0.435. The van der Waals surface area contributed by atoms with Crippen molar-refractivity contribution in [2.75, 3.05) is 13.1 Å². The topological polar surface area (TPSA) is 79.6 Å². The standard InChI is InChI=1S/C23H26N2O4/c1-16-15-18(10-9-17-7-3-2-4-8-17)29-21(27)19(16)20(26)25-14-6-12-23(25)11-5-13-24-22(23)28/h2-4,7-8,15H,5-6,9-14H2,1H3,(H,24,28). The third-order valence-corrected chi connectivity index (χ3v) is 6.13. The van der Waals surface area contributed by atoms with Gasteiger partial charge in [-0.1, -0.05) is 30.3 Å². The molecule has 2 fully saturated rings. The molecule has 1 spiro atoms. The second kappa shape index (κ2) is 7.85. The molecular weight excluding hydrogens is 368 g/mol. The van der Waals surface area contributed by atoms with Crippen LogP contribution >= 0.6 is 0 Å². The predicted octanol–water partition coefficient (Wildman–Crippen LogP) is 2.62. The molecule has 1 atom stereocenters. The summed E-state index contributed by atoms with van der Waals surface area (Å²) >= 11 is 0. The first kappa shape index (κ1) is 19.4. The first-order chi connectivity index (χ1) is 14.0. The molecule has 3 heterocycles. The number of nitrogens with one attached hydrogen (secondary N) is 1. The van der Waals surface area contributed by atoms with Gasteiger partial charge >= 0.3 is 5.63 Å². The maximum Gasteiger partial charge on any atom is 0.349 e. The number of hydrogen-bond acceptors (Lipinski definition) is 4. The Morgan fingerprint density at radius 3 is 2.62 bits per heavy atom. The van der Waals surface area contributed by atoms with E-state index >= 15 is 0 Å². The number of rotatable bonds is 4. The highest BCUT2D eigenvalue weighted by Crippen LogP contribution is 2.36. The van der Waals surface area contributed by atoms with Crippen LogP contribution in [0.5, 0.6) is 0 Å². The highest BCUT2D eigenvalue weighted by Gasteiger charge is 2.51. The quantitative estimate of drug-likeness (QED) is 0.865. The fourth-order valence-corrected chi connectivity index (χ4v) is 4.63. The minimum absolute atomic E-state index is 0.0492. The van der Waals surface area contributed by atoms with E-state index in [1.807, 2.05) is 30.3 Å². The Hall–Kier alpha value is -2.89. The molecule has 2 aliphatic rings. The molecule has 0 bridgehead atoms. The van der Waals surface area contributed by atoms with Crippen molar-refractivity contribution >= 4 is 11.8 Å². The zero-order valence-corrected chi connectivity index (χ0v) is 16.7. The van der Waals surface area contributed by atoms with Crippen molar-refractivity contribution in [1.82, 2.24) is 10.2 Å². The number of piperidine rings is 1. The molecule has 6 heteroatoms. The predicted molar refractivity (Wildman–Crippen MR) is 109 cm³/mol. The number of amides is 2. The molecule has 2 saturated heterocycles. The summed E-state index contributed by atoms with van der Waals surface area (Å²) in [7, 11) is 0. The van der Waals surface area contributed by atoms with E-state index in [0.717, 1.165) is 24.8 Å². The Balaban J connectivity index is 1.57. The molecule has 0 saturated carbocycles. The summed E-state index contributed by atoms with van der Waals surface area (Å²) in [5.74, 6) is 0.0796. The molecule has 1 aromatic heterocycles. The van der Waals surface area contributed by atoms with E-state index in [1.54, 1.807) is 17.9 Å². The molecule has 1 N–H and O–H groups in total. The molecule has 152 valence electrons. The highest BCUT2D eigenvalue weighted by molar-refractivity contribution is 6.00. The van der Waals surface area contributed by atoms with Gasteiger partial charge in [0.1, 0.15) is 16.9 Å². The first-order valence-corrected chi connectivity index (χ1v) is 10.3. The molecule has 4 rings (SSSR count). The number of carbonyl (C=O) groups excluding carboxylic acids is 2. The second-order valence-corrected chi connectivity index (χ2v) is 8.00. The van der Waals surface area contributed by atoms with Crippen molar-refractivity contribution in [3.63, 3.8) is 0 Å². The number of carbonyl (C=O) groups is 2. The molecule has 0 aliphatic carbocycles. The maximum absolute atomic E-state index is 13.3. The van der Waals surface area contributed by atoms with E-state index in [0.29, 0.717) is 43.7 Å². The minimum Gasteiger partial charge on any atom is -0.427 e. The maximum atomic E-state index is 13.3. The summed E-state index contributed by atoms with van der Waals surface area (Å²) in [6, 6.07) is 11.8. The van der Waals surface area contributed by atoms with Crippen LogP contribution in [0.2, 0.25) is 0 Å². The van der Waals surface area contributed by atoms with Gasteiger partial charge in [-0.05, 0) is 56.2 Å². The molecule has 1 unspecified atom stereocenters. The van der Waals surface area contributed by atoms with Crippen molar-refractivity contribution in [1.29, 1.82) is 0 Å². The van der Waals surface area contributed by atoms with Gasteiger partial charge in [0, 0.05) is 19.5 Å². The van der Waals surface area contributed by atoms with E-state index in [4.69, 9.17) is 4.42 Å². The van der Waals surface area contributed by atoms with E-state index in [-0.39, 0.29) is 17.4 Å². The monoisotopic (exact) mass is 394 g/mol. The number of likely N-dealkylation sites (tertiary alicyclic amines) is 1. The van der Waals surface area contributed by atoms with Crippen LogP contribution in [0.3, 0.4) is 0 Å². The Morgan fingerprint density at radius 1 is 1.14 bits per heavy atom. The van der Waals surface area contributed by atoms with Gasteiger partial charge < -0.3 is 14.6 Å². The summed E-state index contributed by atoms with van der Waals surface area (Å²) < 4.78 is 5.49. The zero-order chi connectivity index (χ0) is 20.4. The number of hydrogen-bond donors (Lipinski definition) is 1. The molecule has 29 heavy (non-hydrogen) atoms. The van der Waals surface area contributed by atoms with Crippen LogP contribution < -0.4 is 10.9 Å². The largest absolute Gasteiger partial charge is 0.427 e. The van der Waals surface area contributed by atoms with Crippen molar-refractivity contribution in [2.24, 2.45) is 0 Å². The van der Waals surface area contributed by atoms with Crippen LogP contribution in [-0.4, -0.2) is 35.3 Å². The van der Waals surface area contributed by atoms with Crippen molar-refractivity contribution < 1.29 is 14.0 Å². The smallest absolute Gasteiger partial charge is 0.349 e. The van der Waals surface area contributed by atoms with Crippen molar-refractivity contribution in [3.8, 4) is 0 Å². The Bertz CT molecular complexity index is 982. The lowest BCUT2D eigenvalue weighted by atomic mass is 9.86. The molecule has 2 amide bonds. The number of nitrogens with zero attached hydrogens (tertiary/aromatic N) is 1. The SMILES string of the molecule is Cc1cc(CCc2ccccc2)oc(=O)c1C(=O)N1CCCC12CCCNC2=O. The molecule has 2 aliphatic heterocycles. The van der Waals surface area contributed by atoms with Gasteiger partial charge in [-0.15, -0.1) is 0 Å². The van der Waals surface area contributed by atoms with Gasteiger partial charge in [0.2, 0.25) is 5.91 Å². The van der Waals surface area contributed by atoms with Gasteiger partial charge in [-0.2, -0.15) is 0 Å². The van der Waals surface area contributed by atoms with Crippen molar-refractivity contribution in [3.05, 3.63) is 69.3 Å². The van der Waals surface area contributed by atoms with Gasteiger partial charge in [-0.3, -0.25) is 9.59 Å². The molecule has 2 aromatic rings. The lowest BCUT2D eigenvalue weighted by Crippen LogP contribution is -2.60. The lowest BCUT2D eigenvalue weighted by molar-refractivity contribution is -0.133. The highest BCUT2D eigenvalue weighted by atomic mass is 16.4. The van der Waals surface area contributed by atoms with E-state index in [1.165, 1.54) is 0 Å². The second-order valence-electron chi connectivity index (χ2n) is 8.00. The fourth-order valence-electron chi connectivity index (χ4n) is 4.63. The van der Waals surface area contributed by atoms with E-state index < -0.39 is 11.2 Å². The third-order valence-electron chi connectivity index (χ3n) is 6.13. The Kier molecular flexibility index (Phi) is 5.26.